The summed E-state index contributed by atoms with van der Waals surface area (Å²) in [6.07, 6.45) is 8.73. The van der Waals surface area contributed by atoms with E-state index in [1.807, 2.05) is 0 Å². The zero-order valence-corrected chi connectivity index (χ0v) is 17.5. The van der Waals surface area contributed by atoms with Crippen molar-refractivity contribution in [2.45, 2.75) is 76.4 Å². The standard InChI is InChI=1S/C15H28O7S.Na.H/c1-2-3-4-5-6-7-8-9-10-11-22-15(18)13(12-14(16)17)23(19,20)21;;/h13H,2-12H2,1H3,(H,16,17)(H,19,20,21);;/q;+1;-1. The average Bonchev–Trinajstić information content (AvgIpc) is 2.45. The van der Waals surface area contributed by atoms with Gasteiger partial charge in [0.05, 0.1) is 13.0 Å². The van der Waals surface area contributed by atoms with Gasteiger partial charge in [-0.3, -0.25) is 14.1 Å². The molecule has 0 spiro atoms. The number of carbonyl (C=O) groups is 2. The first-order valence-electron chi connectivity index (χ1n) is 8.13. The van der Waals surface area contributed by atoms with E-state index < -0.39 is 33.7 Å². The third kappa shape index (κ3) is 14.2. The van der Waals surface area contributed by atoms with Gasteiger partial charge in [-0.15, -0.1) is 0 Å². The van der Waals surface area contributed by atoms with Gasteiger partial charge in [0.15, 0.2) is 5.25 Å². The summed E-state index contributed by atoms with van der Waals surface area (Å²) in [6.45, 7) is 2.20. The Morgan fingerprint density at radius 1 is 1.00 bits per heavy atom. The Morgan fingerprint density at radius 3 is 1.88 bits per heavy atom. The minimum atomic E-state index is -4.78. The Kier molecular flexibility index (Phi) is 16.4. The number of esters is 1. The second-order valence-corrected chi connectivity index (χ2v) is 7.20. The van der Waals surface area contributed by atoms with Gasteiger partial charge in [-0.25, -0.2) is 0 Å². The Bertz CT molecular complexity index is 457. The fourth-order valence-corrected chi connectivity index (χ4v) is 2.81. The summed E-state index contributed by atoms with van der Waals surface area (Å²) in [5.41, 5.74) is 0. The molecule has 7 nitrogen and oxygen atoms in total. The molecular weight excluding hydrogens is 347 g/mol. The van der Waals surface area contributed by atoms with Crippen molar-refractivity contribution in [1.29, 1.82) is 0 Å². The summed E-state index contributed by atoms with van der Waals surface area (Å²) in [7, 11) is -4.78. The molecule has 0 heterocycles. The molecule has 0 aromatic carbocycles. The van der Waals surface area contributed by atoms with Crippen LogP contribution in [0, 0.1) is 0 Å². The molecule has 138 valence electrons. The first-order chi connectivity index (χ1) is 10.8. The Labute approximate surface area is 168 Å². The molecular formula is C15H29NaO7S. The molecule has 0 bridgehead atoms. The van der Waals surface area contributed by atoms with E-state index in [1.165, 1.54) is 32.1 Å². The summed E-state index contributed by atoms with van der Waals surface area (Å²) < 4.78 is 35.6. The largest absolute Gasteiger partial charge is 1.00 e. The van der Waals surface area contributed by atoms with Crippen LogP contribution in [0.1, 0.15) is 72.6 Å². The maximum Gasteiger partial charge on any atom is 1.00 e. The van der Waals surface area contributed by atoms with Crippen LogP contribution < -0.4 is 29.6 Å². The minimum absolute atomic E-state index is 0. The van der Waals surface area contributed by atoms with E-state index in [-0.39, 0.29) is 37.6 Å². The van der Waals surface area contributed by atoms with E-state index in [0.29, 0.717) is 6.42 Å². The van der Waals surface area contributed by atoms with Crippen molar-refractivity contribution < 1.29 is 63.4 Å². The van der Waals surface area contributed by atoms with Gasteiger partial charge in [0.2, 0.25) is 0 Å². The maximum absolute atomic E-state index is 11.5. The van der Waals surface area contributed by atoms with E-state index in [4.69, 9.17) is 14.4 Å². The molecule has 1 unspecified atom stereocenters. The molecule has 0 aliphatic rings. The number of unbranched alkanes of at least 4 members (excludes halogenated alkanes) is 8. The number of hydrogen-bond donors (Lipinski definition) is 2. The summed E-state index contributed by atoms with van der Waals surface area (Å²) >= 11 is 0. The summed E-state index contributed by atoms with van der Waals surface area (Å²) in [6, 6.07) is 0. The summed E-state index contributed by atoms with van der Waals surface area (Å²) in [5, 5.41) is 6.50. The van der Waals surface area contributed by atoms with Crippen molar-refractivity contribution in [3.63, 3.8) is 0 Å². The van der Waals surface area contributed by atoms with E-state index in [0.717, 1.165) is 19.3 Å². The van der Waals surface area contributed by atoms with Crippen molar-refractivity contribution in [3.8, 4) is 0 Å². The van der Waals surface area contributed by atoms with Crippen molar-refractivity contribution >= 4 is 22.1 Å². The van der Waals surface area contributed by atoms with Crippen molar-refractivity contribution in [1.82, 2.24) is 0 Å². The Morgan fingerprint density at radius 2 is 1.46 bits per heavy atom. The monoisotopic (exact) mass is 376 g/mol. The van der Waals surface area contributed by atoms with Crippen LogP contribution >= 0.6 is 0 Å². The molecule has 24 heavy (non-hydrogen) atoms. The number of carbonyl (C=O) groups excluding carboxylic acids is 1. The molecule has 9 heteroatoms. The van der Waals surface area contributed by atoms with Gasteiger partial charge < -0.3 is 11.3 Å². The second kappa shape index (κ2) is 15.1. The van der Waals surface area contributed by atoms with Crippen LogP contribution in [-0.2, 0) is 24.4 Å². The zero-order valence-electron chi connectivity index (χ0n) is 15.7. The SMILES string of the molecule is CCCCCCCCCCCOC(=O)C(CC(=O)O)S(=O)(=O)O.[H-].[Na+]. The number of ether oxygens (including phenoxy) is 1. The van der Waals surface area contributed by atoms with E-state index >= 15 is 0 Å². The van der Waals surface area contributed by atoms with Crippen LogP contribution in [0.15, 0.2) is 0 Å². The molecule has 0 aromatic heterocycles. The molecule has 0 fully saturated rings. The van der Waals surface area contributed by atoms with Gasteiger partial charge in [0, 0.05) is 0 Å². The number of carboxylic acid groups (broad SMARTS) is 1. The molecule has 0 rings (SSSR count). The Hall–Kier alpha value is -0.150. The van der Waals surface area contributed by atoms with Crippen LogP contribution in [0.5, 0.6) is 0 Å². The quantitative estimate of drug-likeness (QED) is 0.188. The van der Waals surface area contributed by atoms with Crippen LogP contribution in [-0.4, -0.2) is 41.9 Å². The van der Waals surface area contributed by atoms with Gasteiger partial charge >= 0.3 is 41.5 Å². The topological polar surface area (TPSA) is 118 Å². The molecule has 1 atom stereocenters. The number of aliphatic carboxylic acids is 1. The van der Waals surface area contributed by atoms with Gasteiger partial charge in [0.25, 0.3) is 10.1 Å². The molecule has 0 saturated carbocycles. The minimum Gasteiger partial charge on any atom is -1.00 e. The van der Waals surface area contributed by atoms with Crippen LogP contribution in [0.25, 0.3) is 0 Å². The van der Waals surface area contributed by atoms with Crippen molar-refractivity contribution in [3.05, 3.63) is 0 Å². The van der Waals surface area contributed by atoms with Gasteiger partial charge in [-0.1, -0.05) is 58.3 Å². The van der Waals surface area contributed by atoms with E-state index in [9.17, 15) is 18.0 Å². The maximum atomic E-state index is 11.5. The fraction of sp³-hybridized carbons (Fsp3) is 0.867. The molecule has 0 aromatic rings. The first-order valence-corrected chi connectivity index (χ1v) is 9.64. The van der Waals surface area contributed by atoms with Crippen molar-refractivity contribution in [2.24, 2.45) is 0 Å². The van der Waals surface area contributed by atoms with Crippen LogP contribution in [0.3, 0.4) is 0 Å². The number of hydrogen-bond acceptors (Lipinski definition) is 5. The molecule has 0 aliphatic carbocycles. The predicted octanol–water partition coefficient (Wildman–Crippen LogP) is -0.0920. The van der Waals surface area contributed by atoms with E-state index in [2.05, 4.69) is 6.92 Å². The average molecular weight is 376 g/mol. The normalized spacial score (nSPS) is 12.2. The molecule has 0 saturated heterocycles. The second-order valence-electron chi connectivity index (χ2n) is 5.60. The van der Waals surface area contributed by atoms with Gasteiger partial charge in [-0.05, 0) is 6.42 Å². The predicted molar refractivity (Wildman–Crippen MR) is 86.9 cm³/mol. The third-order valence-electron chi connectivity index (χ3n) is 3.47. The van der Waals surface area contributed by atoms with Crippen LogP contribution in [0.2, 0.25) is 0 Å². The summed E-state index contributed by atoms with van der Waals surface area (Å²) in [4.78, 5) is 22.1. The fourth-order valence-electron chi connectivity index (χ4n) is 2.15. The van der Waals surface area contributed by atoms with Crippen LogP contribution in [0.4, 0.5) is 0 Å². The first kappa shape index (κ1) is 26.1. The molecule has 0 amide bonds. The zero-order chi connectivity index (χ0) is 17.7. The third-order valence-corrected chi connectivity index (χ3v) is 4.55. The number of carboxylic acids is 1. The number of rotatable bonds is 14. The summed E-state index contributed by atoms with van der Waals surface area (Å²) in [5.74, 6) is -2.71. The Balaban J connectivity index is -0.00000242. The van der Waals surface area contributed by atoms with Crippen molar-refractivity contribution in [2.75, 3.05) is 6.61 Å². The molecule has 0 radical (unpaired) electrons. The van der Waals surface area contributed by atoms with E-state index in [1.54, 1.807) is 0 Å². The van der Waals surface area contributed by atoms with Gasteiger partial charge in [0.1, 0.15) is 0 Å². The molecule has 2 N–H and O–H groups in total. The molecule has 0 aliphatic heterocycles. The smallest absolute Gasteiger partial charge is 1.00 e. The van der Waals surface area contributed by atoms with Gasteiger partial charge in [-0.2, -0.15) is 8.42 Å².